The van der Waals surface area contributed by atoms with Gasteiger partial charge in [0.25, 0.3) is 0 Å². The van der Waals surface area contributed by atoms with Crippen LogP contribution < -0.4 is 29.6 Å². The minimum absolute atomic E-state index is 0. The second-order valence-corrected chi connectivity index (χ2v) is 6.03. The molecular formula is C12H17NaO4S. The van der Waals surface area contributed by atoms with Crippen molar-refractivity contribution >= 4 is 10.1 Å². The quantitative estimate of drug-likeness (QED) is 0.601. The molecule has 1 aromatic rings. The molecule has 0 amide bonds. The molecule has 0 heterocycles. The van der Waals surface area contributed by atoms with Crippen molar-refractivity contribution in [3.63, 3.8) is 0 Å². The average molecular weight is 280 g/mol. The number of hydrogen-bond donors (Lipinski definition) is 1. The molecule has 4 nitrogen and oxygen atoms in total. The first-order valence-electron chi connectivity index (χ1n) is 5.47. The molecule has 0 fully saturated rings. The average Bonchev–Trinajstić information content (AvgIpc) is 2.14. The van der Waals surface area contributed by atoms with E-state index in [1.807, 2.05) is 0 Å². The molecule has 0 spiro atoms. The van der Waals surface area contributed by atoms with E-state index in [0.717, 1.165) is 0 Å². The maximum Gasteiger partial charge on any atom is 1.00 e. The Labute approximate surface area is 130 Å². The minimum Gasteiger partial charge on any atom is -0.744 e. The molecule has 0 aliphatic heterocycles. The maximum absolute atomic E-state index is 11.4. The third kappa shape index (κ3) is 3.96. The van der Waals surface area contributed by atoms with E-state index in [4.69, 9.17) is 0 Å². The van der Waals surface area contributed by atoms with Gasteiger partial charge in [-0.15, -0.1) is 0 Å². The summed E-state index contributed by atoms with van der Waals surface area (Å²) in [5.74, 6) is -0.290. The SMILES string of the molecule is CC(C)c1cc(O)cc(C(C)C)c1S(=O)(=O)[O-].[Na+]. The van der Waals surface area contributed by atoms with Gasteiger partial charge in [-0.1, -0.05) is 27.7 Å². The molecule has 1 aromatic carbocycles. The molecule has 0 unspecified atom stereocenters. The number of hydrogen-bond acceptors (Lipinski definition) is 4. The fraction of sp³-hybridized carbons (Fsp3) is 0.500. The van der Waals surface area contributed by atoms with Crippen LogP contribution >= 0.6 is 0 Å². The molecule has 0 radical (unpaired) electrons. The minimum atomic E-state index is -4.53. The molecule has 0 saturated carbocycles. The Bertz CT molecular complexity index is 492. The predicted octanol–water partition coefficient (Wildman–Crippen LogP) is -0.453. The van der Waals surface area contributed by atoms with Gasteiger partial charge in [0.2, 0.25) is 0 Å². The van der Waals surface area contributed by atoms with Gasteiger partial charge in [0.1, 0.15) is 15.9 Å². The molecule has 6 heteroatoms. The molecule has 0 aliphatic carbocycles. The number of benzene rings is 1. The van der Waals surface area contributed by atoms with E-state index in [9.17, 15) is 18.1 Å². The molecule has 0 bridgehead atoms. The van der Waals surface area contributed by atoms with Crippen molar-refractivity contribution in [1.29, 1.82) is 0 Å². The summed E-state index contributed by atoms with van der Waals surface area (Å²) in [6.45, 7) is 7.14. The molecule has 96 valence electrons. The summed E-state index contributed by atoms with van der Waals surface area (Å²) in [6, 6.07) is 2.70. The molecular weight excluding hydrogens is 263 g/mol. The van der Waals surface area contributed by atoms with Gasteiger partial charge < -0.3 is 9.66 Å². The van der Waals surface area contributed by atoms with Gasteiger partial charge in [-0.05, 0) is 35.1 Å². The summed E-state index contributed by atoms with van der Waals surface area (Å²) in [4.78, 5) is -0.180. The van der Waals surface area contributed by atoms with Crippen LogP contribution in [0.15, 0.2) is 17.0 Å². The van der Waals surface area contributed by atoms with E-state index in [0.29, 0.717) is 11.1 Å². The monoisotopic (exact) mass is 280 g/mol. The van der Waals surface area contributed by atoms with Gasteiger partial charge in [0.05, 0.1) is 4.90 Å². The standard InChI is InChI=1S/C12H18O4S.Na/c1-7(2)10-5-9(13)6-11(8(3)4)12(10)17(14,15)16;/h5-8,13H,1-4H3,(H,14,15,16);/q;+1/p-1. The van der Waals surface area contributed by atoms with Crippen LogP contribution in [0.3, 0.4) is 0 Å². The second-order valence-electron chi connectivity index (χ2n) is 4.72. The summed E-state index contributed by atoms with van der Waals surface area (Å²) in [7, 11) is -4.53. The van der Waals surface area contributed by atoms with Gasteiger partial charge in [-0.3, -0.25) is 0 Å². The summed E-state index contributed by atoms with van der Waals surface area (Å²) >= 11 is 0. The van der Waals surface area contributed by atoms with Crippen LogP contribution in [-0.4, -0.2) is 18.1 Å². The van der Waals surface area contributed by atoms with Crippen molar-refractivity contribution in [3.8, 4) is 5.75 Å². The normalized spacial score (nSPS) is 11.7. The van der Waals surface area contributed by atoms with Crippen molar-refractivity contribution < 1.29 is 47.6 Å². The number of aromatic hydroxyl groups is 1. The van der Waals surface area contributed by atoms with E-state index >= 15 is 0 Å². The topological polar surface area (TPSA) is 77.4 Å². The Kier molecular flexibility index (Phi) is 6.36. The Morgan fingerprint density at radius 2 is 1.39 bits per heavy atom. The third-order valence-corrected chi connectivity index (χ3v) is 3.60. The van der Waals surface area contributed by atoms with Crippen LogP contribution in [0.2, 0.25) is 0 Å². The Hall–Kier alpha value is -0.0700. The molecule has 0 aromatic heterocycles. The Balaban J connectivity index is 0.00000289. The molecule has 0 saturated heterocycles. The van der Waals surface area contributed by atoms with Crippen LogP contribution in [0, 0.1) is 0 Å². The fourth-order valence-corrected chi connectivity index (χ4v) is 2.97. The van der Waals surface area contributed by atoms with Crippen LogP contribution in [0.4, 0.5) is 0 Å². The van der Waals surface area contributed by atoms with Gasteiger partial charge in [0, 0.05) is 0 Å². The molecule has 0 atom stereocenters. The number of phenolic OH excluding ortho intramolecular Hbond substituents is 1. The molecule has 1 rings (SSSR count). The Morgan fingerprint density at radius 1 is 1.06 bits per heavy atom. The van der Waals surface area contributed by atoms with Crippen LogP contribution in [0.5, 0.6) is 5.75 Å². The van der Waals surface area contributed by atoms with E-state index in [1.54, 1.807) is 27.7 Å². The molecule has 1 N–H and O–H groups in total. The zero-order chi connectivity index (χ0) is 13.4. The molecule has 18 heavy (non-hydrogen) atoms. The van der Waals surface area contributed by atoms with Crippen molar-refractivity contribution in [1.82, 2.24) is 0 Å². The molecule has 0 aliphatic rings. The van der Waals surface area contributed by atoms with Gasteiger partial charge in [-0.25, -0.2) is 8.42 Å². The van der Waals surface area contributed by atoms with E-state index in [1.165, 1.54) is 12.1 Å². The largest absolute Gasteiger partial charge is 1.00 e. The van der Waals surface area contributed by atoms with Crippen molar-refractivity contribution in [3.05, 3.63) is 23.3 Å². The second kappa shape index (κ2) is 6.39. The van der Waals surface area contributed by atoms with Gasteiger partial charge in [-0.2, -0.15) is 0 Å². The first-order valence-corrected chi connectivity index (χ1v) is 6.88. The van der Waals surface area contributed by atoms with Crippen molar-refractivity contribution in [2.45, 2.75) is 44.4 Å². The van der Waals surface area contributed by atoms with Crippen LogP contribution in [0.1, 0.15) is 50.7 Å². The van der Waals surface area contributed by atoms with Gasteiger partial charge >= 0.3 is 29.6 Å². The third-order valence-electron chi connectivity index (χ3n) is 2.63. The van der Waals surface area contributed by atoms with Crippen LogP contribution in [0.25, 0.3) is 0 Å². The zero-order valence-corrected chi connectivity index (χ0v) is 14.2. The first kappa shape index (κ1) is 17.9. The Morgan fingerprint density at radius 3 is 1.61 bits per heavy atom. The summed E-state index contributed by atoms with van der Waals surface area (Å²) < 4.78 is 34.1. The van der Waals surface area contributed by atoms with Crippen molar-refractivity contribution in [2.24, 2.45) is 0 Å². The van der Waals surface area contributed by atoms with Crippen LogP contribution in [-0.2, 0) is 10.1 Å². The van der Waals surface area contributed by atoms with E-state index in [-0.39, 0.29) is 52.0 Å². The maximum atomic E-state index is 11.4. The predicted molar refractivity (Wildman–Crippen MR) is 64.2 cm³/mol. The van der Waals surface area contributed by atoms with Gasteiger partial charge in [0.15, 0.2) is 0 Å². The zero-order valence-electron chi connectivity index (χ0n) is 11.4. The summed E-state index contributed by atoms with van der Waals surface area (Å²) in [5.41, 5.74) is 0.757. The van der Waals surface area contributed by atoms with E-state index in [2.05, 4.69) is 0 Å². The fourth-order valence-electron chi connectivity index (χ4n) is 1.80. The smallest absolute Gasteiger partial charge is 0.744 e. The van der Waals surface area contributed by atoms with Crippen molar-refractivity contribution in [2.75, 3.05) is 0 Å². The first-order chi connectivity index (χ1) is 7.64. The number of phenols is 1. The summed E-state index contributed by atoms with van der Waals surface area (Å²) in [6.07, 6.45) is 0. The van der Waals surface area contributed by atoms with E-state index < -0.39 is 10.1 Å². The number of rotatable bonds is 3. The summed E-state index contributed by atoms with van der Waals surface area (Å²) in [5, 5.41) is 9.58.